The number of rotatable bonds is 4. The zero-order valence-electron chi connectivity index (χ0n) is 17.3. The third kappa shape index (κ3) is 4.27. The Hall–Kier alpha value is -2.09. The molecule has 0 atom stereocenters. The third-order valence-electron chi connectivity index (χ3n) is 5.93. The summed E-state index contributed by atoms with van der Waals surface area (Å²) in [5.74, 6) is 0.174. The van der Waals surface area contributed by atoms with Gasteiger partial charge in [0.15, 0.2) is 0 Å². The third-order valence-corrected chi connectivity index (χ3v) is 7.81. The van der Waals surface area contributed by atoms with Gasteiger partial charge in [-0.2, -0.15) is 4.31 Å². The summed E-state index contributed by atoms with van der Waals surface area (Å²) in [7, 11) is -0.932. The van der Waals surface area contributed by atoms with E-state index in [2.05, 4.69) is 70.3 Å². The standard InChI is InChI=1S/C22H30N4O2S/c1-3-29(27,28)25-14-12-24(13-15-25)21-9-10-22-19(17-21)18-23(2)11-16-26(22)20-7-5-4-6-8-20/h4-10,17H,3,11-16,18H2,1-2H3. The molecule has 2 heterocycles. The van der Waals surface area contributed by atoms with Crippen molar-refractivity contribution in [1.82, 2.24) is 9.21 Å². The minimum Gasteiger partial charge on any atom is -0.369 e. The number of hydrogen-bond donors (Lipinski definition) is 0. The van der Waals surface area contributed by atoms with Crippen LogP contribution in [-0.4, -0.2) is 69.7 Å². The predicted molar refractivity (Wildman–Crippen MR) is 119 cm³/mol. The maximum Gasteiger partial charge on any atom is 0.213 e. The number of benzene rings is 2. The molecule has 6 nitrogen and oxygen atoms in total. The summed E-state index contributed by atoms with van der Waals surface area (Å²) in [5.41, 5.74) is 4.97. The summed E-state index contributed by atoms with van der Waals surface area (Å²) in [6.07, 6.45) is 0. The quantitative estimate of drug-likeness (QED) is 0.770. The smallest absolute Gasteiger partial charge is 0.213 e. The van der Waals surface area contributed by atoms with Crippen LogP contribution in [0.25, 0.3) is 0 Å². The summed E-state index contributed by atoms with van der Waals surface area (Å²) in [6, 6.07) is 17.2. The number of anilines is 3. The fraction of sp³-hybridized carbons (Fsp3) is 0.455. The molecule has 0 N–H and O–H groups in total. The van der Waals surface area contributed by atoms with Crippen LogP contribution in [0.4, 0.5) is 17.1 Å². The summed E-state index contributed by atoms with van der Waals surface area (Å²) in [4.78, 5) is 7.06. The van der Waals surface area contributed by atoms with Crippen LogP contribution in [-0.2, 0) is 16.6 Å². The van der Waals surface area contributed by atoms with Crippen molar-refractivity contribution in [3.05, 3.63) is 54.1 Å². The van der Waals surface area contributed by atoms with Crippen LogP contribution in [0.2, 0.25) is 0 Å². The molecule has 0 aromatic heterocycles. The van der Waals surface area contributed by atoms with Crippen LogP contribution in [0.1, 0.15) is 12.5 Å². The van der Waals surface area contributed by atoms with Gasteiger partial charge >= 0.3 is 0 Å². The normalized spacial score (nSPS) is 19.1. The van der Waals surface area contributed by atoms with Gasteiger partial charge in [-0.25, -0.2) is 8.42 Å². The second kappa shape index (κ2) is 8.34. The average molecular weight is 415 g/mol. The fourth-order valence-electron chi connectivity index (χ4n) is 4.20. The van der Waals surface area contributed by atoms with Crippen LogP contribution >= 0.6 is 0 Å². The maximum absolute atomic E-state index is 12.1. The molecule has 0 aliphatic carbocycles. The monoisotopic (exact) mass is 414 g/mol. The van der Waals surface area contributed by atoms with Crippen LogP contribution in [0.3, 0.4) is 0 Å². The van der Waals surface area contributed by atoms with Crippen LogP contribution in [0, 0.1) is 0 Å². The van der Waals surface area contributed by atoms with E-state index in [1.165, 1.54) is 22.6 Å². The molecular weight excluding hydrogens is 384 g/mol. The molecule has 2 aromatic carbocycles. The summed E-state index contributed by atoms with van der Waals surface area (Å²) in [6.45, 7) is 7.17. The molecule has 0 radical (unpaired) electrons. The lowest BCUT2D eigenvalue weighted by Gasteiger charge is -2.36. The molecule has 4 rings (SSSR count). The van der Waals surface area contributed by atoms with Gasteiger partial charge in [-0.3, -0.25) is 0 Å². The van der Waals surface area contributed by atoms with Gasteiger partial charge in [-0.15, -0.1) is 0 Å². The van der Waals surface area contributed by atoms with Crippen LogP contribution in [0.15, 0.2) is 48.5 Å². The predicted octanol–water partition coefficient (Wildman–Crippen LogP) is 2.74. The molecule has 0 saturated carbocycles. The second-order valence-corrected chi connectivity index (χ2v) is 10.1. The van der Waals surface area contributed by atoms with Gasteiger partial charge in [0, 0.05) is 62.9 Å². The summed E-state index contributed by atoms with van der Waals surface area (Å²) in [5, 5.41) is 0. The first kappa shape index (κ1) is 20.2. The van der Waals surface area contributed by atoms with E-state index in [9.17, 15) is 8.42 Å². The SMILES string of the molecule is CCS(=O)(=O)N1CCN(c2ccc3c(c2)CN(C)CCN3c2ccccc2)CC1. The van der Waals surface area contributed by atoms with Gasteiger partial charge in [0.2, 0.25) is 10.0 Å². The highest BCUT2D eigenvalue weighted by molar-refractivity contribution is 7.89. The second-order valence-electron chi connectivity index (χ2n) is 7.82. The first-order chi connectivity index (χ1) is 14.0. The van der Waals surface area contributed by atoms with Crippen molar-refractivity contribution in [2.45, 2.75) is 13.5 Å². The van der Waals surface area contributed by atoms with Gasteiger partial charge in [-0.05, 0) is 49.9 Å². The lowest BCUT2D eigenvalue weighted by molar-refractivity contribution is 0.343. The van der Waals surface area contributed by atoms with Gasteiger partial charge in [-0.1, -0.05) is 18.2 Å². The molecule has 1 saturated heterocycles. The molecule has 2 aromatic rings. The molecular formula is C22H30N4O2S. The number of piperazine rings is 1. The Kier molecular flexibility index (Phi) is 5.81. The van der Waals surface area contributed by atoms with Crippen LogP contribution in [0.5, 0.6) is 0 Å². The van der Waals surface area contributed by atoms with E-state index in [1.54, 1.807) is 11.2 Å². The minimum atomic E-state index is -3.10. The molecule has 0 spiro atoms. The van der Waals surface area contributed by atoms with Gasteiger partial charge < -0.3 is 14.7 Å². The van der Waals surface area contributed by atoms with E-state index in [0.29, 0.717) is 13.1 Å². The first-order valence-corrected chi connectivity index (χ1v) is 12.0. The Balaban J connectivity index is 1.58. The minimum absolute atomic E-state index is 0.174. The lowest BCUT2D eigenvalue weighted by Crippen LogP contribution is -2.49. The van der Waals surface area contributed by atoms with Crippen molar-refractivity contribution >= 4 is 27.1 Å². The number of hydrogen-bond acceptors (Lipinski definition) is 5. The van der Waals surface area contributed by atoms with Crippen molar-refractivity contribution in [1.29, 1.82) is 0 Å². The van der Waals surface area contributed by atoms with Crippen molar-refractivity contribution < 1.29 is 8.42 Å². The highest BCUT2D eigenvalue weighted by Gasteiger charge is 2.26. The van der Waals surface area contributed by atoms with Gasteiger partial charge in [0.25, 0.3) is 0 Å². The van der Waals surface area contributed by atoms with Crippen molar-refractivity contribution in [3.63, 3.8) is 0 Å². The molecule has 0 amide bonds. The number of likely N-dealkylation sites (N-methyl/N-ethyl adjacent to an activating group) is 1. The largest absolute Gasteiger partial charge is 0.369 e. The molecule has 0 bridgehead atoms. The van der Waals surface area contributed by atoms with Crippen molar-refractivity contribution in [2.24, 2.45) is 0 Å². The fourth-order valence-corrected chi connectivity index (χ4v) is 5.29. The molecule has 7 heteroatoms. The zero-order chi connectivity index (χ0) is 20.4. The number of sulfonamides is 1. The molecule has 29 heavy (non-hydrogen) atoms. The van der Waals surface area contributed by atoms with E-state index < -0.39 is 10.0 Å². The summed E-state index contributed by atoms with van der Waals surface area (Å²) >= 11 is 0. The molecule has 1 fully saturated rings. The van der Waals surface area contributed by atoms with Crippen molar-refractivity contribution in [3.8, 4) is 0 Å². The van der Waals surface area contributed by atoms with Gasteiger partial charge in [0.05, 0.1) is 5.75 Å². The Morgan fingerprint density at radius 3 is 2.28 bits per heavy atom. The van der Waals surface area contributed by atoms with Crippen molar-refractivity contribution in [2.75, 3.05) is 61.9 Å². The van der Waals surface area contributed by atoms with E-state index in [-0.39, 0.29) is 5.75 Å². The van der Waals surface area contributed by atoms with E-state index in [0.717, 1.165) is 32.7 Å². The Labute approximate surface area is 174 Å². The Bertz CT molecular complexity index is 941. The van der Waals surface area contributed by atoms with Crippen LogP contribution < -0.4 is 9.80 Å². The Morgan fingerprint density at radius 1 is 0.862 bits per heavy atom. The molecule has 2 aliphatic rings. The van der Waals surface area contributed by atoms with E-state index >= 15 is 0 Å². The summed E-state index contributed by atoms with van der Waals surface area (Å²) < 4.78 is 25.9. The average Bonchev–Trinajstić information content (AvgIpc) is 2.92. The zero-order valence-corrected chi connectivity index (χ0v) is 18.1. The molecule has 156 valence electrons. The topological polar surface area (TPSA) is 47.1 Å². The Morgan fingerprint density at radius 2 is 1.59 bits per heavy atom. The van der Waals surface area contributed by atoms with E-state index in [4.69, 9.17) is 0 Å². The first-order valence-electron chi connectivity index (χ1n) is 10.3. The molecule has 0 unspecified atom stereocenters. The van der Waals surface area contributed by atoms with E-state index in [1.807, 2.05) is 0 Å². The highest BCUT2D eigenvalue weighted by atomic mass is 32.2. The number of nitrogens with zero attached hydrogens (tertiary/aromatic N) is 4. The van der Waals surface area contributed by atoms with Gasteiger partial charge in [0.1, 0.15) is 0 Å². The number of para-hydroxylation sites is 1. The number of fused-ring (bicyclic) bond motifs is 1. The molecule has 2 aliphatic heterocycles. The lowest BCUT2D eigenvalue weighted by atomic mass is 10.1. The maximum atomic E-state index is 12.1. The highest BCUT2D eigenvalue weighted by Crippen LogP contribution is 2.34.